The highest BCUT2D eigenvalue weighted by atomic mass is 32.2. The lowest BCUT2D eigenvalue weighted by atomic mass is 10.0. The average molecular weight is 307 g/mol. The van der Waals surface area contributed by atoms with Gasteiger partial charge >= 0.3 is 0 Å². The molecule has 0 aliphatic heterocycles. The summed E-state index contributed by atoms with van der Waals surface area (Å²) in [7, 11) is -4.18. The van der Waals surface area contributed by atoms with Crippen molar-refractivity contribution in [1.29, 1.82) is 0 Å². The Balaban J connectivity index is 3.49. The number of hydrogen-bond donors (Lipinski definition) is 2. The molecule has 0 fully saturated rings. The summed E-state index contributed by atoms with van der Waals surface area (Å²) >= 11 is 0. The lowest BCUT2D eigenvalue weighted by Gasteiger charge is -2.10. The van der Waals surface area contributed by atoms with Gasteiger partial charge in [-0.1, -0.05) is 52.4 Å². The molecule has 0 saturated heterocycles. The summed E-state index contributed by atoms with van der Waals surface area (Å²) in [4.78, 5) is 11.4. The Morgan fingerprint density at radius 2 is 1.50 bits per heavy atom. The molecule has 120 valence electrons. The molecule has 0 aromatic carbocycles. The van der Waals surface area contributed by atoms with Crippen LogP contribution >= 0.6 is 0 Å². The van der Waals surface area contributed by atoms with Crippen molar-refractivity contribution < 1.29 is 17.8 Å². The van der Waals surface area contributed by atoms with Gasteiger partial charge in [-0.2, -0.15) is 8.42 Å². The molecule has 1 amide bonds. The molecule has 1 atom stereocenters. The minimum Gasteiger partial charge on any atom is -0.338 e. The number of carbonyl (C=O) groups excluding carboxylic acids is 1. The molecule has 0 heterocycles. The van der Waals surface area contributed by atoms with E-state index in [1.807, 2.05) is 0 Å². The van der Waals surface area contributed by atoms with Gasteiger partial charge in [-0.15, -0.1) is 0 Å². The fraction of sp³-hybridized carbons (Fsp3) is 0.929. The van der Waals surface area contributed by atoms with E-state index in [0.29, 0.717) is 6.42 Å². The van der Waals surface area contributed by atoms with Gasteiger partial charge in [-0.25, -0.2) is 0 Å². The molecule has 0 aromatic heterocycles. The summed E-state index contributed by atoms with van der Waals surface area (Å²) < 4.78 is 30.2. The summed E-state index contributed by atoms with van der Waals surface area (Å²) in [6, 6.07) is 0. The smallest absolute Gasteiger partial charge is 0.285 e. The quantitative estimate of drug-likeness (QED) is 0.454. The number of rotatable bonds is 11. The molecule has 1 unspecified atom stereocenters. The number of unbranched alkanes of at least 4 members (excludes halogenated alkanes) is 5. The minimum atomic E-state index is -4.18. The van der Waals surface area contributed by atoms with Gasteiger partial charge in [0.1, 0.15) is 0 Å². The zero-order valence-electron chi connectivity index (χ0n) is 12.9. The second-order valence-corrected chi connectivity index (χ2v) is 7.52. The topological polar surface area (TPSA) is 83.5 Å². The van der Waals surface area contributed by atoms with Gasteiger partial charge < -0.3 is 5.32 Å². The lowest BCUT2D eigenvalue weighted by molar-refractivity contribution is -0.121. The minimum absolute atomic E-state index is 0.311. The van der Waals surface area contributed by atoms with Gasteiger partial charge in [0.15, 0.2) is 5.37 Å². The van der Waals surface area contributed by atoms with Crippen molar-refractivity contribution in [2.75, 3.05) is 0 Å². The van der Waals surface area contributed by atoms with Crippen molar-refractivity contribution >= 4 is 16.0 Å². The zero-order valence-corrected chi connectivity index (χ0v) is 13.7. The van der Waals surface area contributed by atoms with Crippen LogP contribution in [0.5, 0.6) is 0 Å². The van der Waals surface area contributed by atoms with Crippen LogP contribution in [-0.4, -0.2) is 24.3 Å². The maximum absolute atomic E-state index is 11.4. The molecular weight excluding hydrogens is 278 g/mol. The van der Waals surface area contributed by atoms with Crippen LogP contribution in [0.25, 0.3) is 0 Å². The largest absolute Gasteiger partial charge is 0.338 e. The van der Waals surface area contributed by atoms with Crippen LogP contribution in [0.2, 0.25) is 0 Å². The zero-order chi connectivity index (χ0) is 15.6. The second kappa shape index (κ2) is 10.2. The third-order valence-corrected chi connectivity index (χ3v) is 4.26. The summed E-state index contributed by atoms with van der Waals surface area (Å²) in [5, 5.41) is 1.04. The van der Waals surface area contributed by atoms with Crippen LogP contribution in [0.4, 0.5) is 0 Å². The van der Waals surface area contributed by atoms with Gasteiger partial charge in [-0.05, 0) is 19.3 Å². The van der Waals surface area contributed by atoms with Crippen molar-refractivity contribution in [2.24, 2.45) is 5.92 Å². The second-order valence-electron chi connectivity index (χ2n) is 5.78. The SMILES string of the molecule is CC(C)CCCCCCCCC(=O)NC(C)S(=O)(=O)O. The van der Waals surface area contributed by atoms with E-state index >= 15 is 0 Å². The highest BCUT2D eigenvalue weighted by Gasteiger charge is 2.18. The fourth-order valence-corrected chi connectivity index (χ4v) is 2.20. The molecular formula is C14H29NO4S. The van der Waals surface area contributed by atoms with Gasteiger partial charge in [0.2, 0.25) is 5.91 Å². The van der Waals surface area contributed by atoms with Crippen LogP contribution in [0.3, 0.4) is 0 Å². The number of carbonyl (C=O) groups is 1. The van der Waals surface area contributed by atoms with E-state index in [9.17, 15) is 13.2 Å². The first-order valence-corrected chi connectivity index (χ1v) is 8.99. The summed E-state index contributed by atoms with van der Waals surface area (Å²) in [5.41, 5.74) is 0. The van der Waals surface area contributed by atoms with E-state index in [0.717, 1.165) is 25.2 Å². The molecule has 0 aromatic rings. The first-order chi connectivity index (χ1) is 9.23. The van der Waals surface area contributed by atoms with Crippen molar-refractivity contribution in [1.82, 2.24) is 5.32 Å². The monoisotopic (exact) mass is 307 g/mol. The third-order valence-electron chi connectivity index (χ3n) is 3.25. The predicted octanol–water partition coefficient (Wildman–Crippen LogP) is 3.11. The fourth-order valence-electron chi connectivity index (χ4n) is 1.92. The van der Waals surface area contributed by atoms with E-state index in [1.165, 1.54) is 32.6 Å². The Bertz CT molecular complexity index is 365. The normalized spacial score (nSPS) is 13.4. The number of nitrogens with one attached hydrogen (secondary N) is 1. The van der Waals surface area contributed by atoms with Crippen molar-refractivity contribution in [3.05, 3.63) is 0 Å². The van der Waals surface area contributed by atoms with Crippen LogP contribution in [-0.2, 0) is 14.9 Å². The summed E-state index contributed by atoms with van der Waals surface area (Å²) in [5.74, 6) is 0.443. The average Bonchev–Trinajstić information content (AvgIpc) is 2.30. The van der Waals surface area contributed by atoms with E-state index < -0.39 is 15.5 Å². The molecule has 0 bridgehead atoms. The van der Waals surface area contributed by atoms with Crippen LogP contribution in [0, 0.1) is 5.92 Å². The van der Waals surface area contributed by atoms with E-state index in [4.69, 9.17) is 4.55 Å². The molecule has 0 rings (SSSR count). The van der Waals surface area contributed by atoms with Crippen LogP contribution in [0.1, 0.15) is 72.1 Å². The summed E-state index contributed by atoms with van der Waals surface area (Å²) in [6.45, 7) is 5.71. The first-order valence-electron chi connectivity index (χ1n) is 7.49. The van der Waals surface area contributed by atoms with Crippen molar-refractivity contribution in [2.45, 2.75) is 77.5 Å². The molecule has 0 saturated carbocycles. The van der Waals surface area contributed by atoms with Gasteiger partial charge in [0.05, 0.1) is 0 Å². The Morgan fingerprint density at radius 3 is 2.00 bits per heavy atom. The molecule has 0 aliphatic carbocycles. The molecule has 0 aliphatic rings. The Labute approximate surface area is 123 Å². The molecule has 6 heteroatoms. The number of hydrogen-bond acceptors (Lipinski definition) is 3. The van der Waals surface area contributed by atoms with E-state index in [-0.39, 0.29) is 5.91 Å². The standard InChI is InChI=1S/C14H29NO4S/c1-12(2)10-8-6-4-5-7-9-11-14(16)15-13(3)20(17,18)19/h12-13H,4-11H2,1-3H3,(H,15,16)(H,17,18,19). The Morgan fingerprint density at radius 1 is 1.00 bits per heavy atom. The van der Waals surface area contributed by atoms with Gasteiger partial charge in [0, 0.05) is 6.42 Å². The van der Waals surface area contributed by atoms with Gasteiger partial charge in [-0.3, -0.25) is 9.35 Å². The molecule has 5 nitrogen and oxygen atoms in total. The van der Waals surface area contributed by atoms with Gasteiger partial charge in [0.25, 0.3) is 10.1 Å². The van der Waals surface area contributed by atoms with Crippen LogP contribution < -0.4 is 5.32 Å². The molecule has 2 N–H and O–H groups in total. The van der Waals surface area contributed by atoms with E-state index in [2.05, 4.69) is 19.2 Å². The Hall–Kier alpha value is -0.620. The van der Waals surface area contributed by atoms with Crippen LogP contribution in [0.15, 0.2) is 0 Å². The van der Waals surface area contributed by atoms with Crippen molar-refractivity contribution in [3.63, 3.8) is 0 Å². The molecule has 0 radical (unpaired) electrons. The summed E-state index contributed by atoms with van der Waals surface area (Å²) in [6.07, 6.45) is 8.13. The first kappa shape index (κ1) is 19.4. The molecule has 20 heavy (non-hydrogen) atoms. The highest BCUT2D eigenvalue weighted by Crippen LogP contribution is 2.12. The maximum Gasteiger partial charge on any atom is 0.285 e. The number of amides is 1. The van der Waals surface area contributed by atoms with E-state index in [1.54, 1.807) is 0 Å². The maximum atomic E-state index is 11.4. The highest BCUT2D eigenvalue weighted by molar-refractivity contribution is 7.86. The lowest BCUT2D eigenvalue weighted by Crippen LogP contribution is -2.37. The predicted molar refractivity (Wildman–Crippen MR) is 80.9 cm³/mol. The third kappa shape index (κ3) is 11.2. The Kier molecular flexibility index (Phi) is 9.84. The molecule has 0 spiro atoms. The van der Waals surface area contributed by atoms with Crippen molar-refractivity contribution in [3.8, 4) is 0 Å².